The number of benzene rings is 7. The molecule has 0 radical (unpaired) electrons. The molecular weight excluding hydrogens is 685 g/mol. The van der Waals surface area contributed by atoms with Crippen LogP contribution in [0, 0.1) is 34.0 Å². The average molecular weight is 713 g/mol. The van der Waals surface area contributed by atoms with Gasteiger partial charge in [-0.05, 0) is 107 Å². The van der Waals surface area contributed by atoms with Crippen LogP contribution in [0.4, 0.5) is 0 Å². The zero-order valence-electron chi connectivity index (χ0n) is 29.8. The first-order chi connectivity index (χ1) is 27.6. The van der Waals surface area contributed by atoms with Crippen molar-refractivity contribution >= 4 is 43.6 Å². The summed E-state index contributed by atoms with van der Waals surface area (Å²) in [6, 6.07) is 60.0. The second kappa shape index (κ2) is 13.0. The van der Waals surface area contributed by atoms with Crippen molar-refractivity contribution in [1.29, 1.82) is 15.8 Å². The predicted molar refractivity (Wildman–Crippen MR) is 223 cm³/mol. The number of nitriles is 3. The quantitative estimate of drug-likeness (QED) is 0.177. The van der Waals surface area contributed by atoms with E-state index in [0.29, 0.717) is 16.7 Å². The van der Waals surface area contributed by atoms with Crippen LogP contribution in [-0.2, 0) is 0 Å². The molecule has 6 nitrogen and oxygen atoms in total. The molecule has 0 aliphatic heterocycles. The zero-order chi connectivity index (χ0) is 37.8. The normalized spacial score (nSPS) is 11.2. The van der Waals surface area contributed by atoms with E-state index in [1.807, 2.05) is 85.1 Å². The molecule has 0 saturated carbocycles. The Hall–Kier alpha value is -8.24. The van der Waals surface area contributed by atoms with Crippen molar-refractivity contribution in [3.8, 4) is 63.0 Å². The van der Waals surface area contributed by atoms with Gasteiger partial charge in [0.2, 0.25) is 0 Å². The van der Waals surface area contributed by atoms with Crippen LogP contribution in [0.3, 0.4) is 0 Å². The number of hydrogen-bond acceptors (Lipinski definition) is 4. The van der Waals surface area contributed by atoms with Crippen LogP contribution in [0.5, 0.6) is 0 Å². The topological polar surface area (TPSA) is 94.1 Å². The monoisotopic (exact) mass is 712 g/mol. The molecule has 0 atom stereocenters. The molecule has 0 fully saturated rings. The Labute approximate surface area is 322 Å². The van der Waals surface area contributed by atoms with Gasteiger partial charge in [0.1, 0.15) is 0 Å². The molecule has 7 aromatic carbocycles. The Morgan fingerprint density at radius 2 is 0.964 bits per heavy atom. The van der Waals surface area contributed by atoms with Crippen LogP contribution >= 0.6 is 0 Å². The molecule has 0 unspecified atom stereocenters. The minimum absolute atomic E-state index is 0.545. The molecule has 258 valence electrons. The molecule has 10 aromatic rings. The number of nitrogens with zero attached hydrogens (tertiary/aromatic N) is 6. The summed E-state index contributed by atoms with van der Waals surface area (Å²) in [5.41, 5.74) is 13.4. The van der Waals surface area contributed by atoms with Gasteiger partial charge in [-0.2, -0.15) is 15.8 Å². The van der Waals surface area contributed by atoms with Crippen LogP contribution in [0.25, 0.3) is 88.4 Å². The molecule has 0 aliphatic carbocycles. The molecule has 0 bridgehead atoms. The Morgan fingerprint density at radius 3 is 1.57 bits per heavy atom. The highest BCUT2D eigenvalue weighted by molar-refractivity contribution is 6.12. The standard InChI is InChI=1S/C50H28N6/c51-28-32-7-5-9-34(23-32)36-16-19-48-43(25-36)40-11-1-3-13-46(40)55(48)39-18-15-38(30-53)42(27-39)45-31-54-22-21-50(45)56-47-14-4-2-12-41(47)44-26-37(17-20-49(44)56)35-10-6-8-33(24-35)29-52/h1-27,31H. The highest BCUT2D eigenvalue weighted by Gasteiger charge is 2.20. The van der Waals surface area contributed by atoms with Crippen molar-refractivity contribution in [3.63, 3.8) is 0 Å². The van der Waals surface area contributed by atoms with Crippen LogP contribution in [0.15, 0.2) is 170 Å². The first-order valence-corrected chi connectivity index (χ1v) is 18.2. The highest BCUT2D eigenvalue weighted by atomic mass is 15.0. The lowest BCUT2D eigenvalue weighted by atomic mass is 9.99. The lowest BCUT2D eigenvalue weighted by molar-refractivity contribution is 1.15. The van der Waals surface area contributed by atoms with Crippen molar-refractivity contribution in [2.24, 2.45) is 0 Å². The van der Waals surface area contributed by atoms with E-state index in [1.54, 1.807) is 6.20 Å². The summed E-state index contributed by atoms with van der Waals surface area (Å²) in [7, 11) is 0. The molecule has 3 aromatic heterocycles. The van der Waals surface area contributed by atoms with Crippen molar-refractivity contribution < 1.29 is 0 Å². The van der Waals surface area contributed by atoms with Gasteiger partial charge in [0, 0.05) is 50.8 Å². The number of aromatic nitrogens is 3. The molecular formula is C50H28N6. The van der Waals surface area contributed by atoms with Crippen molar-refractivity contribution in [2.75, 3.05) is 0 Å². The van der Waals surface area contributed by atoms with Crippen molar-refractivity contribution in [3.05, 3.63) is 187 Å². The molecule has 3 heterocycles. The summed E-state index contributed by atoms with van der Waals surface area (Å²) < 4.78 is 4.51. The molecule has 6 heteroatoms. The fourth-order valence-electron chi connectivity index (χ4n) is 8.16. The van der Waals surface area contributed by atoms with Crippen LogP contribution < -0.4 is 0 Å². The summed E-state index contributed by atoms with van der Waals surface area (Å²) >= 11 is 0. The molecule has 0 saturated heterocycles. The van der Waals surface area contributed by atoms with Gasteiger partial charge in [-0.15, -0.1) is 0 Å². The smallest absolute Gasteiger partial charge is 0.0998 e. The second-order valence-corrected chi connectivity index (χ2v) is 13.8. The lowest BCUT2D eigenvalue weighted by Crippen LogP contribution is -2.01. The van der Waals surface area contributed by atoms with E-state index in [1.165, 1.54) is 0 Å². The van der Waals surface area contributed by atoms with Crippen LogP contribution in [0.2, 0.25) is 0 Å². The first kappa shape index (κ1) is 32.4. The fourth-order valence-corrected chi connectivity index (χ4v) is 8.16. The molecule has 10 rings (SSSR count). The van der Waals surface area contributed by atoms with Crippen molar-refractivity contribution in [1.82, 2.24) is 14.1 Å². The summed E-state index contributed by atoms with van der Waals surface area (Å²) in [4.78, 5) is 4.60. The van der Waals surface area contributed by atoms with Crippen LogP contribution in [0.1, 0.15) is 16.7 Å². The third kappa shape index (κ3) is 5.12. The summed E-state index contributed by atoms with van der Waals surface area (Å²) in [5, 5.41) is 34.0. The maximum atomic E-state index is 10.5. The van der Waals surface area contributed by atoms with Gasteiger partial charge in [-0.1, -0.05) is 72.8 Å². The molecule has 0 spiro atoms. The minimum Gasteiger partial charge on any atom is -0.309 e. The fraction of sp³-hybridized carbons (Fsp3) is 0. The predicted octanol–water partition coefficient (Wildman–Crippen LogP) is 11.9. The van der Waals surface area contributed by atoms with Gasteiger partial charge in [0.15, 0.2) is 0 Å². The Balaban J connectivity index is 1.17. The number of rotatable bonds is 5. The van der Waals surface area contributed by atoms with Gasteiger partial charge < -0.3 is 9.13 Å². The summed E-state index contributed by atoms with van der Waals surface area (Å²) in [5.74, 6) is 0. The second-order valence-electron chi connectivity index (χ2n) is 13.8. The van der Waals surface area contributed by atoms with E-state index in [2.05, 4.69) is 111 Å². The molecule has 0 aliphatic rings. The van der Waals surface area contributed by atoms with E-state index in [0.717, 1.165) is 88.4 Å². The van der Waals surface area contributed by atoms with E-state index < -0.39 is 0 Å². The van der Waals surface area contributed by atoms with Crippen LogP contribution in [-0.4, -0.2) is 14.1 Å². The number of para-hydroxylation sites is 2. The van der Waals surface area contributed by atoms with Gasteiger partial charge >= 0.3 is 0 Å². The highest BCUT2D eigenvalue weighted by Crippen LogP contribution is 2.40. The summed E-state index contributed by atoms with van der Waals surface area (Å²) in [6.07, 6.45) is 3.65. The number of pyridine rings is 1. The van der Waals surface area contributed by atoms with Crippen molar-refractivity contribution in [2.45, 2.75) is 0 Å². The van der Waals surface area contributed by atoms with E-state index in [9.17, 15) is 15.8 Å². The SMILES string of the molecule is N#Cc1cccc(-c2ccc3c(c2)c2ccccc2n3-c2ccc(C#N)c(-c3cnccc3-n3c4ccccc4c4cc(-c5cccc(C#N)c5)ccc43)c2)c1. The van der Waals surface area contributed by atoms with E-state index >= 15 is 0 Å². The maximum Gasteiger partial charge on any atom is 0.0998 e. The summed E-state index contributed by atoms with van der Waals surface area (Å²) in [6.45, 7) is 0. The Bertz CT molecular complexity index is 3360. The molecule has 56 heavy (non-hydrogen) atoms. The van der Waals surface area contributed by atoms with Gasteiger partial charge in [-0.3, -0.25) is 4.98 Å². The lowest BCUT2D eigenvalue weighted by Gasteiger charge is -2.16. The zero-order valence-corrected chi connectivity index (χ0v) is 29.8. The Morgan fingerprint density at radius 1 is 0.411 bits per heavy atom. The Kier molecular flexibility index (Phi) is 7.53. The van der Waals surface area contributed by atoms with E-state index in [4.69, 9.17) is 0 Å². The van der Waals surface area contributed by atoms with Gasteiger partial charge in [0.25, 0.3) is 0 Å². The number of hydrogen-bond donors (Lipinski definition) is 0. The van der Waals surface area contributed by atoms with E-state index in [-0.39, 0.29) is 0 Å². The number of fused-ring (bicyclic) bond motifs is 6. The third-order valence-electron chi connectivity index (χ3n) is 10.7. The molecule has 0 N–H and O–H groups in total. The third-order valence-corrected chi connectivity index (χ3v) is 10.7. The average Bonchev–Trinajstić information content (AvgIpc) is 3.78. The molecule has 0 amide bonds. The van der Waals surface area contributed by atoms with Gasteiger partial charge in [-0.25, -0.2) is 0 Å². The van der Waals surface area contributed by atoms with Gasteiger partial charge in [0.05, 0.1) is 62.7 Å². The minimum atomic E-state index is 0.545. The first-order valence-electron chi connectivity index (χ1n) is 18.2. The largest absolute Gasteiger partial charge is 0.309 e. The maximum absolute atomic E-state index is 10.5.